The second kappa shape index (κ2) is 4.11. The van der Waals surface area contributed by atoms with E-state index in [0.29, 0.717) is 17.2 Å². The van der Waals surface area contributed by atoms with Gasteiger partial charge in [-0.1, -0.05) is 20.8 Å². The number of rotatable bonds is 3. The number of nitrogens with one attached hydrogen (secondary N) is 1. The number of fused-ring (bicyclic) bond motifs is 2. The summed E-state index contributed by atoms with van der Waals surface area (Å²) in [5.41, 5.74) is 0.425. The number of ether oxygens (including phenoxy) is 1. The summed E-state index contributed by atoms with van der Waals surface area (Å²) in [6.07, 6.45) is 6.06. The quantitative estimate of drug-likeness (QED) is 0.929. The van der Waals surface area contributed by atoms with E-state index in [1.807, 2.05) is 0 Å². The SMILES string of the molecule is CC1(C)C2CCC1(C)C(Oc1cc(=O)[nH]c(C3CC3)n1)C2. The summed E-state index contributed by atoms with van der Waals surface area (Å²) < 4.78 is 6.22. The molecule has 4 nitrogen and oxygen atoms in total. The number of hydrogen-bond donors (Lipinski definition) is 1. The molecule has 0 aliphatic heterocycles. The van der Waals surface area contributed by atoms with Gasteiger partial charge in [-0.2, -0.15) is 4.98 Å². The fourth-order valence-corrected chi connectivity index (χ4v) is 4.52. The highest BCUT2D eigenvalue weighted by Gasteiger charge is 2.62. The van der Waals surface area contributed by atoms with Crippen LogP contribution in [0.25, 0.3) is 0 Å². The molecule has 1 N–H and O–H groups in total. The van der Waals surface area contributed by atoms with E-state index < -0.39 is 0 Å². The third-order valence-corrected chi connectivity index (χ3v) is 6.68. The first-order valence-corrected chi connectivity index (χ1v) is 8.18. The van der Waals surface area contributed by atoms with Crippen molar-refractivity contribution in [2.75, 3.05) is 0 Å². The minimum atomic E-state index is -0.0885. The fraction of sp³-hybridized carbons (Fsp3) is 0.765. The van der Waals surface area contributed by atoms with Gasteiger partial charge in [-0.15, -0.1) is 0 Å². The van der Waals surface area contributed by atoms with Crippen molar-refractivity contribution >= 4 is 0 Å². The molecule has 3 fully saturated rings. The summed E-state index contributed by atoms with van der Waals surface area (Å²) in [6, 6.07) is 1.51. The molecule has 1 aromatic rings. The molecule has 2 bridgehead atoms. The van der Waals surface area contributed by atoms with Crippen molar-refractivity contribution in [1.82, 2.24) is 9.97 Å². The highest BCUT2D eigenvalue weighted by molar-refractivity contribution is 5.18. The third kappa shape index (κ3) is 1.87. The van der Waals surface area contributed by atoms with Gasteiger partial charge in [0.1, 0.15) is 11.9 Å². The average molecular weight is 288 g/mol. The molecule has 3 atom stereocenters. The van der Waals surface area contributed by atoms with Crippen LogP contribution in [0.3, 0.4) is 0 Å². The highest BCUT2D eigenvalue weighted by atomic mass is 16.5. The monoisotopic (exact) mass is 288 g/mol. The summed E-state index contributed by atoms with van der Waals surface area (Å²) in [7, 11) is 0. The summed E-state index contributed by atoms with van der Waals surface area (Å²) in [6.45, 7) is 7.09. The van der Waals surface area contributed by atoms with Crippen molar-refractivity contribution in [3.63, 3.8) is 0 Å². The fourth-order valence-electron chi connectivity index (χ4n) is 4.52. The molecule has 0 spiro atoms. The molecule has 4 heteroatoms. The Morgan fingerprint density at radius 1 is 1.29 bits per heavy atom. The van der Waals surface area contributed by atoms with Gasteiger partial charge >= 0.3 is 0 Å². The lowest BCUT2D eigenvalue weighted by Crippen LogP contribution is -2.39. The van der Waals surface area contributed by atoms with Crippen LogP contribution in [0.2, 0.25) is 0 Å². The van der Waals surface area contributed by atoms with Gasteiger partial charge in [0.25, 0.3) is 5.56 Å². The number of aromatic nitrogens is 2. The summed E-state index contributed by atoms with van der Waals surface area (Å²) in [5, 5.41) is 0. The Morgan fingerprint density at radius 2 is 2.05 bits per heavy atom. The first kappa shape index (κ1) is 13.4. The third-order valence-electron chi connectivity index (χ3n) is 6.68. The van der Waals surface area contributed by atoms with Crippen LogP contribution in [0.15, 0.2) is 10.9 Å². The van der Waals surface area contributed by atoms with Gasteiger partial charge in [-0.25, -0.2) is 0 Å². The minimum Gasteiger partial charge on any atom is -0.474 e. The maximum atomic E-state index is 11.8. The van der Waals surface area contributed by atoms with E-state index >= 15 is 0 Å². The molecular weight excluding hydrogens is 264 g/mol. The van der Waals surface area contributed by atoms with E-state index in [1.54, 1.807) is 0 Å². The Morgan fingerprint density at radius 3 is 2.62 bits per heavy atom. The van der Waals surface area contributed by atoms with Crippen molar-refractivity contribution < 1.29 is 4.74 Å². The molecule has 0 aromatic carbocycles. The molecule has 3 aliphatic carbocycles. The Kier molecular flexibility index (Phi) is 2.61. The molecule has 4 rings (SSSR count). The smallest absolute Gasteiger partial charge is 0.254 e. The number of H-pyrrole nitrogens is 1. The molecule has 0 radical (unpaired) electrons. The van der Waals surface area contributed by atoms with Gasteiger partial charge in [-0.05, 0) is 43.4 Å². The van der Waals surface area contributed by atoms with Crippen molar-refractivity contribution in [1.29, 1.82) is 0 Å². The number of aromatic amines is 1. The number of nitrogens with zero attached hydrogens (tertiary/aromatic N) is 1. The predicted molar refractivity (Wildman–Crippen MR) is 80.5 cm³/mol. The molecule has 0 amide bonds. The van der Waals surface area contributed by atoms with E-state index in [9.17, 15) is 4.79 Å². The standard InChI is InChI=1S/C17H24N2O2/c1-16(2)11-6-7-17(16,3)12(8-11)21-14-9-13(20)18-15(19-14)10-4-5-10/h9-12H,4-8H2,1-3H3,(H,18,19,20). The van der Waals surface area contributed by atoms with Crippen LogP contribution in [-0.4, -0.2) is 16.1 Å². The van der Waals surface area contributed by atoms with Crippen LogP contribution in [0.4, 0.5) is 0 Å². The normalized spacial score (nSPS) is 36.9. The minimum absolute atomic E-state index is 0.0885. The summed E-state index contributed by atoms with van der Waals surface area (Å²) >= 11 is 0. The summed E-state index contributed by atoms with van der Waals surface area (Å²) in [4.78, 5) is 19.2. The van der Waals surface area contributed by atoms with E-state index in [4.69, 9.17) is 4.74 Å². The molecule has 3 unspecified atom stereocenters. The Hall–Kier alpha value is -1.32. The lowest BCUT2D eigenvalue weighted by Gasteiger charge is -2.38. The van der Waals surface area contributed by atoms with E-state index in [1.165, 1.54) is 18.9 Å². The predicted octanol–water partition coefficient (Wildman–Crippen LogP) is 3.24. The largest absolute Gasteiger partial charge is 0.474 e. The van der Waals surface area contributed by atoms with Crippen LogP contribution in [0.1, 0.15) is 64.6 Å². The Bertz CT molecular complexity index is 632. The van der Waals surface area contributed by atoms with Gasteiger partial charge in [-0.3, -0.25) is 4.79 Å². The second-order valence-corrected chi connectivity index (χ2v) is 7.96. The van der Waals surface area contributed by atoms with Gasteiger partial charge in [0.05, 0.1) is 6.07 Å². The van der Waals surface area contributed by atoms with E-state index in [2.05, 4.69) is 30.7 Å². The average Bonchev–Trinajstić information content (AvgIpc) is 3.19. The zero-order valence-electron chi connectivity index (χ0n) is 13.1. The van der Waals surface area contributed by atoms with E-state index in [-0.39, 0.29) is 17.1 Å². The molecule has 3 aliphatic rings. The highest BCUT2D eigenvalue weighted by Crippen LogP contribution is 2.66. The topological polar surface area (TPSA) is 55.0 Å². The summed E-state index contributed by atoms with van der Waals surface area (Å²) in [5.74, 6) is 2.51. The van der Waals surface area contributed by atoms with Crippen molar-refractivity contribution in [2.45, 2.75) is 64.9 Å². The van der Waals surface area contributed by atoms with Gasteiger partial charge in [0.2, 0.25) is 5.88 Å². The molecule has 0 saturated heterocycles. The molecule has 1 heterocycles. The van der Waals surface area contributed by atoms with Crippen molar-refractivity contribution in [2.24, 2.45) is 16.7 Å². The molecule has 3 saturated carbocycles. The van der Waals surface area contributed by atoms with Crippen LogP contribution in [0, 0.1) is 16.7 Å². The lowest BCUT2D eigenvalue weighted by atomic mass is 9.70. The Balaban J connectivity index is 1.61. The van der Waals surface area contributed by atoms with Crippen LogP contribution in [0.5, 0.6) is 5.88 Å². The number of hydrogen-bond acceptors (Lipinski definition) is 3. The zero-order valence-corrected chi connectivity index (χ0v) is 13.1. The molecule has 114 valence electrons. The zero-order chi connectivity index (χ0) is 14.8. The maximum Gasteiger partial charge on any atom is 0.254 e. The van der Waals surface area contributed by atoms with Crippen LogP contribution < -0.4 is 10.3 Å². The van der Waals surface area contributed by atoms with Gasteiger partial charge < -0.3 is 9.72 Å². The van der Waals surface area contributed by atoms with E-state index in [0.717, 1.165) is 31.0 Å². The Labute approximate surface area is 125 Å². The van der Waals surface area contributed by atoms with Gasteiger partial charge in [0, 0.05) is 11.3 Å². The van der Waals surface area contributed by atoms with Gasteiger partial charge in [0.15, 0.2) is 0 Å². The molecule has 1 aromatic heterocycles. The van der Waals surface area contributed by atoms with Crippen LogP contribution in [-0.2, 0) is 0 Å². The second-order valence-electron chi connectivity index (χ2n) is 7.96. The maximum absolute atomic E-state index is 11.8. The van der Waals surface area contributed by atoms with Crippen LogP contribution >= 0.6 is 0 Å². The first-order chi connectivity index (χ1) is 9.90. The van der Waals surface area contributed by atoms with Crippen molar-refractivity contribution in [3.8, 4) is 5.88 Å². The molecule has 21 heavy (non-hydrogen) atoms. The molecular formula is C17H24N2O2. The lowest BCUT2D eigenvalue weighted by molar-refractivity contribution is 0.0270. The first-order valence-electron chi connectivity index (χ1n) is 8.18. The van der Waals surface area contributed by atoms with Crippen molar-refractivity contribution in [3.05, 3.63) is 22.2 Å².